The number of hydrogen-bond donors (Lipinski definition) is 1. The highest BCUT2D eigenvalue weighted by atomic mass is 16.5. The maximum atomic E-state index is 12.5. The van der Waals surface area contributed by atoms with E-state index in [2.05, 4.69) is 16.3 Å². The number of rotatable bonds is 10. The SMILES string of the molecule is BCC(=O)Nc1cccc(COc2cc(C#N)c(N3CCN(C(=O)CCOC)[C@H](C)C3)nc2C2CC2)c1. The first kappa shape index (κ1) is 26.5. The van der Waals surface area contributed by atoms with Crippen LogP contribution in [0, 0.1) is 11.3 Å². The van der Waals surface area contributed by atoms with E-state index in [1.165, 1.54) is 0 Å². The van der Waals surface area contributed by atoms with Crippen LogP contribution in [0.3, 0.4) is 0 Å². The van der Waals surface area contributed by atoms with E-state index in [0.717, 1.165) is 29.8 Å². The van der Waals surface area contributed by atoms with E-state index in [1.54, 1.807) is 13.2 Å². The van der Waals surface area contributed by atoms with Gasteiger partial charge in [0.05, 0.1) is 24.3 Å². The normalized spacial score (nSPS) is 17.3. The highest BCUT2D eigenvalue weighted by molar-refractivity contribution is 6.22. The number of carbonyl (C=O) groups excluding carboxylic acids is 2. The number of pyridine rings is 1. The number of benzene rings is 1. The van der Waals surface area contributed by atoms with Crippen molar-refractivity contribution in [2.75, 3.05) is 43.6 Å². The molecule has 1 atom stereocenters. The van der Waals surface area contributed by atoms with Crippen molar-refractivity contribution in [2.24, 2.45) is 0 Å². The van der Waals surface area contributed by atoms with Crippen LogP contribution in [-0.4, -0.2) is 68.9 Å². The second-order valence-corrected chi connectivity index (χ2v) is 9.64. The molecule has 1 aromatic carbocycles. The number of nitriles is 1. The highest BCUT2D eigenvalue weighted by Crippen LogP contribution is 2.45. The van der Waals surface area contributed by atoms with Gasteiger partial charge < -0.3 is 24.6 Å². The average molecular weight is 503 g/mol. The molecule has 0 unspecified atom stereocenters. The molecule has 10 heteroatoms. The fraction of sp³-hybridized carbons (Fsp3) is 0.481. The smallest absolute Gasteiger partial charge is 0.225 e. The summed E-state index contributed by atoms with van der Waals surface area (Å²) in [5.41, 5.74) is 3.00. The lowest BCUT2D eigenvalue weighted by atomic mass is 10.0. The Balaban J connectivity index is 1.50. The third-order valence-electron chi connectivity index (χ3n) is 6.77. The zero-order valence-electron chi connectivity index (χ0n) is 21.8. The quantitative estimate of drug-likeness (QED) is 0.497. The molecule has 2 amide bonds. The first-order valence-corrected chi connectivity index (χ1v) is 12.9. The molecular formula is C27H34BN5O4. The molecule has 1 saturated carbocycles. The standard InChI is InChI=1S/C27H34BN5O4/c1-18-16-32(9-10-33(18)25(35)8-11-36-2)27-21(15-29)13-23(26(31-27)20-6-7-20)37-17-19-4-3-5-22(12-19)30-24(34)14-28/h3-5,12-13,18,20H,6-11,14,16-17,28H2,1-2H3,(H,30,34)/t18-/m1/s1. The number of methoxy groups -OCH3 is 1. The van der Waals surface area contributed by atoms with Gasteiger partial charge in [0, 0.05) is 50.5 Å². The molecule has 37 heavy (non-hydrogen) atoms. The molecule has 2 aromatic rings. The molecular weight excluding hydrogens is 469 g/mol. The van der Waals surface area contributed by atoms with Gasteiger partial charge in [-0.15, -0.1) is 0 Å². The van der Waals surface area contributed by atoms with Crippen molar-refractivity contribution in [3.63, 3.8) is 0 Å². The molecule has 2 fully saturated rings. The summed E-state index contributed by atoms with van der Waals surface area (Å²) in [6.45, 7) is 4.56. The van der Waals surface area contributed by atoms with E-state index < -0.39 is 0 Å². The molecule has 1 N–H and O–H groups in total. The summed E-state index contributed by atoms with van der Waals surface area (Å²) in [6, 6.07) is 11.7. The van der Waals surface area contributed by atoms with Gasteiger partial charge in [-0.2, -0.15) is 5.26 Å². The van der Waals surface area contributed by atoms with Crippen molar-refractivity contribution in [3.8, 4) is 11.8 Å². The zero-order valence-corrected chi connectivity index (χ0v) is 21.8. The maximum absolute atomic E-state index is 12.5. The van der Waals surface area contributed by atoms with Gasteiger partial charge in [0.2, 0.25) is 11.8 Å². The minimum Gasteiger partial charge on any atom is -0.487 e. The van der Waals surface area contributed by atoms with E-state index in [9.17, 15) is 14.9 Å². The van der Waals surface area contributed by atoms with Crippen molar-refractivity contribution in [1.82, 2.24) is 9.88 Å². The Labute approximate surface area is 219 Å². The predicted molar refractivity (Wildman–Crippen MR) is 144 cm³/mol. The number of ether oxygens (including phenoxy) is 2. The minimum absolute atomic E-state index is 0.00669. The van der Waals surface area contributed by atoms with Crippen molar-refractivity contribution in [2.45, 2.75) is 51.1 Å². The largest absolute Gasteiger partial charge is 0.487 e. The number of amides is 2. The third-order valence-corrected chi connectivity index (χ3v) is 6.77. The second-order valence-electron chi connectivity index (χ2n) is 9.64. The molecule has 1 aliphatic heterocycles. The summed E-state index contributed by atoms with van der Waals surface area (Å²) < 4.78 is 11.2. The van der Waals surface area contributed by atoms with Crippen LogP contribution in [0.15, 0.2) is 30.3 Å². The first-order chi connectivity index (χ1) is 17.9. The van der Waals surface area contributed by atoms with E-state index in [0.29, 0.717) is 68.6 Å². The Morgan fingerprint density at radius 3 is 2.76 bits per heavy atom. The Kier molecular flexibility index (Phi) is 8.67. The molecule has 9 nitrogen and oxygen atoms in total. The molecule has 0 bridgehead atoms. The highest BCUT2D eigenvalue weighted by Gasteiger charge is 2.33. The topological polar surface area (TPSA) is 108 Å². The molecule has 1 saturated heterocycles. The molecule has 4 rings (SSSR count). The lowest BCUT2D eigenvalue weighted by Gasteiger charge is -2.40. The summed E-state index contributed by atoms with van der Waals surface area (Å²) in [5, 5.41) is 12.8. The molecule has 1 aromatic heterocycles. The van der Waals surface area contributed by atoms with Gasteiger partial charge in [-0.05, 0) is 43.8 Å². The molecule has 1 aliphatic carbocycles. The van der Waals surface area contributed by atoms with E-state index in [4.69, 9.17) is 14.5 Å². The lowest BCUT2D eigenvalue weighted by Crippen LogP contribution is -2.54. The molecule has 0 spiro atoms. The zero-order chi connectivity index (χ0) is 26.4. The van der Waals surface area contributed by atoms with Crippen LogP contribution in [-0.2, 0) is 20.9 Å². The fourth-order valence-electron chi connectivity index (χ4n) is 4.59. The maximum Gasteiger partial charge on any atom is 0.225 e. The van der Waals surface area contributed by atoms with Crippen molar-refractivity contribution < 1.29 is 19.1 Å². The number of carbonyl (C=O) groups is 2. The number of anilines is 2. The van der Waals surface area contributed by atoms with E-state index in [-0.39, 0.29) is 17.9 Å². The van der Waals surface area contributed by atoms with E-state index >= 15 is 0 Å². The summed E-state index contributed by atoms with van der Waals surface area (Å²) in [7, 11) is 3.41. The number of aromatic nitrogens is 1. The van der Waals surface area contributed by atoms with Gasteiger partial charge in [0.1, 0.15) is 32.1 Å². The predicted octanol–water partition coefficient (Wildman–Crippen LogP) is 2.47. The van der Waals surface area contributed by atoms with Crippen LogP contribution in [0.4, 0.5) is 11.5 Å². The Morgan fingerprint density at radius 2 is 2.08 bits per heavy atom. The van der Waals surface area contributed by atoms with Gasteiger partial charge in [-0.25, -0.2) is 4.98 Å². The molecule has 2 aliphatic rings. The van der Waals surface area contributed by atoms with Gasteiger partial charge in [0.25, 0.3) is 0 Å². The second kappa shape index (κ2) is 12.1. The van der Waals surface area contributed by atoms with Crippen molar-refractivity contribution in [1.29, 1.82) is 5.26 Å². The van der Waals surface area contributed by atoms with E-state index in [1.807, 2.05) is 43.9 Å². The number of piperazine rings is 1. The third kappa shape index (κ3) is 6.60. The molecule has 0 radical (unpaired) electrons. The lowest BCUT2D eigenvalue weighted by molar-refractivity contribution is -0.134. The fourth-order valence-corrected chi connectivity index (χ4v) is 4.59. The van der Waals surface area contributed by atoms with Gasteiger partial charge in [-0.3, -0.25) is 9.59 Å². The summed E-state index contributed by atoms with van der Waals surface area (Å²) in [5.74, 6) is 1.67. The Morgan fingerprint density at radius 1 is 1.27 bits per heavy atom. The summed E-state index contributed by atoms with van der Waals surface area (Å²) in [4.78, 5) is 33.2. The summed E-state index contributed by atoms with van der Waals surface area (Å²) >= 11 is 0. The van der Waals surface area contributed by atoms with Crippen molar-refractivity contribution >= 4 is 31.2 Å². The van der Waals surface area contributed by atoms with Gasteiger partial charge >= 0.3 is 0 Å². The molecule has 194 valence electrons. The van der Waals surface area contributed by atoms with Crippen molar-refractivity contribution in [3.05, 3.63) is 47.2 Å². The monoisotopic (exact) mass is 503 g/mol. The van der Waals surface area contributed by atoms with Crippen LogP contribution in [0.1, 0.15) is 48.9 Å². The van der Waals surface area contributed by atoms with Crippen LogP contribution < -0.4 is 15.0 Å². The van der Waals surface area contributed by atoms with Crippen LogP contribution >= 0.6 is 0 Å². The Bertz CT molecular complexity index is 1180. The van der Waals surface area contributed by atoms with Gasteiger partial charge in [0.15, 0.2) is 0 Å². The number of nitrogens with zero attached hydrogens (tertiary/aromatic N) is 4. The summed E-state index contributed by atoms with van der Waals surface area (Å²) in [6.07, 6.45) is 2.88. The Hall–Kier alpha value is -3.58. The number of nitrogens with one attached hydrogen (secondary N) is 1. The van der Waals surface area contributed by atoms with Gasteiger partial charge in [-0.1, -0.05) is 12.1 Å². The molecule has 2 heterocycles. The minimum atomic E-state index is -0.0398. The first-order valence-electron chi connectivity index (χ1n) is 12.9. The van der Waals surface area contributed by atoms with Crippen LogP contribution in [0.5, 0.6) is 5.75 Å². The number of hydrogen-bond acceptors (Lipinski definition) is 7. The van der Waals surface area contributed by atoms with Crippen LogP contribution in [0.25, 0.3) is 0 Å². The van der Waals surface area contributed by atoms with Crippen LogP contribution in [0.2, 0.25) is 6.32 Å². The average Bonchev–Trinajstić information content (AvgIpc) is 3.75.